The fraction of sp³-hybridized carbons (Fsp3) is 0.250. The molecule has 0 aliphatic carbocycles. The normalized spacial score (nSPS) is 10.2. The Morgan fingerprint density at radius 2 is 2.17 bits per heavy atom. The maximum Gasteiger partial charge on any atom is 0.279 e. The number of nitrogens with zero attached hydrogens (tertiary/aromatic N) is 2. The molecule has 2 heterocycles. The molecular weight excluding hydrogens is 234 g/mol. The predicted octanol–water partition coefficient (Wildman–Crippen LogP) is 1.95. The van der Waals surface area contributed by atoms with E-state index in [4.69, 9.17) is 9.26 Å². The third kappa shape index (κ3) is 2.48. The number of carbonyl (C=O) groups excluding carboxylic acids is 1. The number of methoxy groups -OCH3 is 1. The van der Waals surface area contributed by atoms with Crippen LogP contribution in [0.5, 0.6) is 5.75 Å². The molecule has 0 aliphatic heterocycles. The number of aryl methyl sites for hydroxylation is 2. The number of nitrogens with one attached hydrogen (secondary N) is 1. The summed E-state index contributed by atoms with van der Waals surface area (Å²) in [6.07, 6.45) is 0. The number of aromatic nitrogens is 2. The van der Waals surface area contributed by atoms with Crippen molar-refractivity contribution < 1.29 is 14.1 Å². The molecule has 0 saturated heterocycles. The van der Waals surface area contributed by atoms with Crippen molar-refractivity contribution >= 4 is 11.7 Å². The average Bonchev–Trinajstić information content (AvgIpc) is 2.76. The van der Waals surface area contributed by atoms with E-state index in [0.717, 1.165) is 5.69 Å². The summed E-state index contributed by atoms with van der Waals surface area (Å²) in [6, 6.07) is 5.10. The molecule has 0 fully saturated rings. The first-order valence-electron chi connectivity index (χ1n) is 5.36. The van der Waals surface area contributed by atoms with Gasteiger partial charge in [0.25, 0.3) is 5.91 Å². The van der Waals surface area contributed by atoms with Crippen molar-refractivity contribution in [3.05, 3.63) is 35.3 Å². The van der Waals surface area contributed by atoms with E-state index < -0.39 is 0 Å². The Hall–Kier alpha value is -2.37. The molecule has 1 amide bonds. The van der Waals surface area contributed by atoms with Gasteiger partial charge in [-0.1, -0.05) is 5.16 Å². The fourth-order valence-corrected chi connectivity index (χ4v) is 1.44. The summed E-state index contributed by atoms with van der Waals surface area (Å²) in [7, 11) is 1.52. The van der Waals surface area contributed by atoms with E-state index in [-0.39, 0.29) is 11.6 Å². The number of hydrogen-bond donors (Lipinski definition) is 1. The highest BCUT2D eigenvalue weighted by Gasteiger charge is 2.14. The van der Waals surface area contributed by atoms with E-state index in [1.807, 2.05) is 6.92 Å². The number of carbonyl (C=O) groups is 1. The SMILES string of the molecule is COc1ccc(C)nc1NC(=O)c1cc(C)on1. The van der Waals surface area contributed by atoms with Gasteiger partial charge in [0.2, 0.25) is 0 Å². The number of rotatable bonds is 3. The Balaban J connectivity index is 2.23. The molecular formula is C12H13N3O3. The molecule has 0 radical (unpaired) electrons. The van der Waals surface area contributed by atoms with E-state index >= 15 is 0 Å². The minimum atomic E-state index is -0.386. The zero-order chi connectivity index (χ0) is 13.1. The number of hydrogen-bond acceptors (Lipinski definition) is 5. The standard InChI is InChI=1S/C12H13N3O3/c1-7-4-5-10(17-3)11(13-7)14-12(16)9-6-8(2)18-15-9/h4-6H,1-3H3,(H,13,14,16). The molecule has 0 saturated carbocycles. The van der Waals surface area contributed by atoms with Crippen LogP contribution >= 0.6 is 0 Å². The molecule has 0 unspecified atom stereocenters. The van der Waals surface area contributed by atoms with Gasteiger partial charge in [0.05, 0.1) is 7.11 Å². The van der Waals surface area contributed by atoms with Gasteiger partial charge >= 0.3 is 0 Å². The monoisotopic (exact) mass is 247 g/mol. The molecule has 6 heteroatoms. The maximum absolute atomic E-state index is 11.9. The van der Waals surface area contributed by atoms with Crippen LogP contribution in [0.1, 0.15) is 21.9 Å². The lowest BCUT2D eigenvalue weighted by Gasteiger charge is -2.08. The lowest BCUT2D eigenvalue weighted by atomic mass is 10.3. The second kappa shape index (κ2) is 4.87. The van der Waals surface area contributed by atoms with Crippen LogP contribution in [0, 0.1) is 13.8 Å². The Morgan fingerprint density at radius 1 is 1.39 bits per heavy atom. The molecule has 0 atom stereocenters. The van der Waals surface area contributed by atoms with Gasteiger partial charge in [0, 0.05) is 11.8 Å². The van der Waals surface area contributed by atoms with Crippen molar-refractivity contribution in [1.82, 2.24) is 10.1 Å². The number of ether oxygens (including phenoxy) is 1. The lowest BCUT2D eigenvalue weighted by molar-refractivity contribution is 0.101. The fourth-order valence-electron chi connectivity index (χ4n) is 1.44. The molecule has 6 nitrogen and oxygen atoms in total. The topological polar surface area (TPSA) is 77.2 Å². The molecule has 2 aromatic rings. The second-order valence-corrected chi connectivity index (χ2v) is 3.78. The summed E-state index contributed by atoms with van der Waals surface area (Å²) in [5, 5.41) is 6.27. The van der Waals surface area contributed by atoms with E-state index in [0.29, 0.717) is 17.3 Å². The van der Waals surface area contributed by atoms with E-state index in [9.17, 15) is 4.79 Å². The zero-order valence-corrected chi connectivity index (χ0v) is 10.4. The van der Waals surface area contributed by atoms with Gasteiger partial charge in [0.1, 0.15) is 5.76 Å². The summed E-state index contributed by atoms with van der Waals surface area (Å²) in [5.41, 5.74) is 0.986. The molecule has 0 bridgehead atoms. The van der Waals surface area contributed by atoms with Gasteiger partial charge in [-0.05, 0) is 26.0 Å². The number of pyridine rings is 1. The van der Waals surface area contributed by atoms with Crippen LogP contribution in [0.15, 0.2) is 22.7 Å². The van der Waals surface area contributed by atoms with E-state index in [1.165, 1.54) is 7.11 Å². The first kappa shape index (κ1) is 12.1. The van der Waals surface area contributed by atoms with Crippen molar-refractivity contribution in [2.45, 2.75) is 13.8 Å². The maximum atomic E-state index is 11.9. The van der Waals surface area contributed by atoms with E-state index in [2.05, 4.69) is 15.5 Å². The van der Waals surface area contributed by atoms with Gasteiger partial charge in [-0.15, -0.1) is 0 Å². The van der Waals surface area contributed by atoms with Crippen LogP contribution in [0.25, 0.3) is 0 Å². The molecule has 2 rings (SSSR count). The zero-order valence-electron chi connectivity index (χ0n) is 10.4. The first-order chi connectivity index (χ1) is 8.60. The smallest absolute Gasteiger partial charge is 0.279 e. The molecule has 94 valence electrons. The third-order valence-electron chi connectivity index (χ3n) is 2.31. The van der Waals surface area contributed by atoms with E-state index in [1.54, 1.807) is 25.1 Å². The minimum absolute atomic E-state index is 0.206. The highest BCUT2D eigenvalue weighted by molar-refractivity contribution is 6.02. The van der Waals surface area contributed by atoms with Crippen LogP contribution in [-0.2, 0) is 0 Å². The Morgan fingerprint density at radius 3 is 2.78 bits per heavy atom. The summed E-state index contributed by atoms with van der Waals surface area (Å²) in [5.74, 6) is 1.05. The van der Waals surface area contributed by atoms with Crippen LogP contribution in [0.3, 0.4) is 0 Å². The van der Waals surface area contributed by atoms with Crippen LogP contribution in [0.4, 0.5) is 5.82 Å². The second-order valence-electron chi connectivity index (χ2n) is 3.78. The molecule has 18 heavy (non-hydrogen) atoms. The van der Waals surface area contributed by atoms with Crippen molar-refractivity contribution in [1.29, 1.82) is 0 Å². The quantitative estimate of drug-likeness (QED) is 0.896. The van der Waals surface area contributed by atoms with Crippen molar-refractivity contribution in [3.8, 4) is 5.75 Å². The summed E-state index contributed by atoms with van der Waals surface area (Å²) >= 11 is 0. The Kier molecular flexibility index (Phi) is 3.27. The van der Waals surface area contributed by atoms with Gasteiger partial charge < -0.3 is 14.6 Å². The van der Waals surface area contributed by atoms with Gasteiger partial charge in [-0.25, -0.2) is 4.98 Å². The molecule has 1 N–H and O–H groups in total. The molecule has 0 aromatic carbocycles. The van der Waals surface area contributed by atoms with Crippen LogP contribution in [0.2, 0.25) is 0 Å². The highest BCUT2D eigenvalue weighted by Crippen LogP contribution is 2.22. The highest BCUT2D eigenvalue weighted by atomic mass is 16.5. The van der Waals surface area contributed by atoms with Gasteiger partial charge in [-0.2, -0.15) is 0 Å². The summed E-state index contributed by atoms with van der Waals surface area (Å²) in [4.78, 5) is 16.1. The van der Waals surface area contributed by atoms with Gasteiger partial charge in [-0.3, -0.25) is 4.79 Å². The lowest BCUT2D eigenvalue weighted by Crippen LogP contribution is -2.14. The van der Waals surface area contributed by atoms with Crippen molar-refractivity contribution in [2.24, 2.45) is 0 Å². The van der Waals surface area contributed by atoms with Crippen LogP contribution < -0.4 is 10.1 Å². The Labute approximate surface area is 104 Å². The number of amides is 1. The summed E-state index contributed by atoms with van der Waals surface area (Å²) < 4.78 is 9.96. The van der Waals surface area contributed by atoms with Crippen LogP contribution in [-0.4, -0.2) is 23.2 Å². The Bertz CT molecular complexity index is 578. The third-order valence-corrected chi connectivity index (χ3v) is 2.31. The van der Waals surface area contributed by atoms with Gasteiger partial charge in [0.15, 0.2) is 17.3 Å². The van der Waals surface area contributed by atoms with Crippen molar-refractivity contribution in [3.63, 3.8) is 0 Å². The first-order valence-corrected chi connectivity index (χ1v) is 5.36. The molecule has 0 aliphatic rings. The molecule has 0 spiro atoms. The minimum Gasteiger partial charge on any atom is -0.493 e. The average molecular weight is 247 g/mol. The van der Waals surface area contributed by atoms with Crippen molar-refractivity contribution in [2.75, 3.05) is 12.4 Å². The number of anilines is 1. The largest absolute Gasteiger partial charge is 0.493 e. The molecule has 2 aromatic heterocycles. The summed E-state index contributed by atoms with van der Waals surface area (Å²) in [6.45, 7) is 3.55. The predicted molar refractivity (Wildman–Crippen MR) is 64.7 cm³/mol.